The zero-order valence-corrected chi connectivity index (χ0v) is 14.3. The lowest BCUT2D eigenvalue weighted by molar-refractivity contribution is -0.126. The fourth-order valence-electron chi connectivity index (χ4n) is 3.36. The van der Waals surface area contributed by atoms with E-state index in [1.54, 1.807) is 36.4 Å². The molecule has 0 aliphatic carbocycles. The predicted molar refractivity (Wildman–Crippen MR) is 96.7 cm³/mol. The van der Waals surface area contributed by atoms with Crippen molar-refractivity contribution >= 4 is 29.2 Å². The number of nitrogens with one attached hydrogen (secondary N) is 2. The minimum Gasteiger partial charge on any atom is -0.339 e. The zero-order valence-electron chi connectivity index (χ0n) is 14.3. The lowest BCUT2D eigenvalue weighted by atomic mass is 10.1. The third-order valence-corrected chi connectivity index (χ3v) is 4.67. The minimum atomic E-state index is -0.783. The van der Waals surface area contributed by atoms with Crippen molar-refractivity contribution < 1.29 is 18.8 Å². The Morgan fingerprint density at radius 2 is 1.85 bits per heavy atom. The van der Waals surface area contributed by atoms with E-state index in [0.717, 1.165) is 0 Å². The summed E-state index contributed by atoms with van der Waals surface area (Å²) in [6.07, 6.45) is 0. The molecule has 0 aromatic heterocycles. The molecule has 1 fully saturated rings. The van der Waals surface area contributed by atoms with Crippen molar-refractivity contribution in [1.82, 2.24) is 10.2 Å². The Morgan fingerprint density at radius 3 is 2.67 bits per heavy atom. The van der Waals surface area contributed by atoms with Crippen LogP contribution in [0.2, 0.25) is 0 Å². The number of anilines is 2. The number of urea groups is 1. The van der Waals surface area contributed by atoms with Gasteiger partial charge in [-0.05, 0) is 18.2 Å². The molecule has 2 aromatic carbocycles. The second-order valence-corrected chi connectivity index (χ2v) is 6.38. The second kappa shape index (κ2) is 6.71. The average molecular weight is 368 g/mol. The maximum Gasteiger partial charge on any atom is 0.325 e. The summed E-state index contributed by atoms with van der Waals surface area (Å²) in [5, 5.41) is 5.37. The van der Waals surface area contributed by atoms with Crippen molar-refractivity contribution in [2.75, 3.05) is 29.9 Å². The van der Waals surface area contributed by atoms with Crippen molar-refractivity contribution in [2.24, 2.45) is 0 Å². The molecule has 2 N–H and O–H groups in total. The quantitative estimate of drug-likeness (QED) is 0.865. The summed E-state index contributed by atoms with van der Waals surface area (Å²) >= 11 is 0. The third kappa shape index (κ3) is 3.10. The maximum absolute atomic E-state index is 13.9. The van der Waals surface area contributed by atoms with E-state index in [1.807, 2.05) is 0 Å². The van der Waals surface area contributed by atoms with Crippen LogP contribution in [0.15, 0.2) is 48.5 Å². The van der Waals surface area contributed by atoms with Crippen LogP contribution in [0.25, 0.3) is 0 Å². The van der Waals surface area contributed by atoms with Crippen LogP contribution in [0.3, 0.4) is 0 Å². The van der Waals surface area contributed by atoms with Gasteiger partial charge < -0.3 is 15.5 Å². The number of fused-ring (bicyclic) bond motifs is 1. The number of para-hydroxylation sites is 2. The summed E-state index contributed by atoms with van der Waals surface area (Å²) < 4.78 is 13.9. The van der Waals surface area contributed by atoms with Crippen molar-refractivity contribution in [3.63, 3.8) is 0 Å². The highest BCUT2D eigenvalue weighted by Gasteiger charge is 2.35. The van der Waals surface area contributed by atoms with Gasteiger partial charge in [-0.15, -0.1) is 0 Å². The van der Waals surface area contributed by atoms with E-state index in [-0.39, 0.29) is 18.1 Å². The molecule has 1 unspecified atom stereocenters. The van der Waals surface area contributed by atoms with Crippen LogP contribution in [0.1, 0.15) is 11.6 Å². The summed E-state index contributed by atoms with van der Waals surface area (Å²) in [6.45, 7) is 0.392. The van der Waals surface area contributed by atoms with Gasteiger partial charge in [0.05, 0.1) is 5.69 Å². The molecule has 2 aliphatic rings. The first-order valence-electron chi connectivity index (χ1n) is 8.55. The van der Waals surface area contributed by atoms with E-state index in [0.29, 0.717) is 24.3 Å². The SMILES string of the molecule is O=C(CN1CCN(c2ccccc2F)C1=O)NC1C(=O)Nc2ccccc21. The molecule has 4 rings (SSSR count). The van der Waals surface area contributed by atoms with Gasteiger partial charge >= 0.3 is 6.03 Å². The summed E-state index contributed by atoms with van der Waals surface area (Å²) in [5.41, 5.74) is 1.54. The molecule has 27 heavy (non-hydrogen) atoms. The second-order valence-electron chi connectivity index (χ2n) is 6.38. The summed E-state index contributed by atoms with van der Waals surface area (Å²) in [5.74, 6) is -1.25. The van der Waals surface area contributed by atoms with Gasteiger partial charge in [0.15, 0.2) is 0 Å². The Morgan fingerprint density at radius 1 is 1.11 bits per heavy atom. The standard InChI is InChI=1S/C19H17FN4O3/c20-13-6-2-4-8-15(13)24-10-9-23(19(24)27)11-16(25)22-17-12-5-1-3-7-14(12)21-18(17)26/h1-8,17H,9-11H2,(H,21,26)(H,22,25). The predicted octanol–water partition coefficient (Wildman–Crippen LogP) is 1.88. The van der Waals surface area contributed by atoms with E-state index in [9.17, 15) is 18.8 Å². The van der Waals surface area contributed by atoms with Gasteiger partial charge in [0, 0.05) is 24.3 Å². The number of nitrogens with zero attached hydrogens (tertiary/aromatic N) is 2. The molecular formula is C19H17FN4O3. The number of benzene rings is 2. The average Bonchev–Trinajstić information content (AvgIpc) is 3.16. The zero-order chi connectivity index (χ0) is 19.0. The summed E-state index contributed by atoms with van der Waals surface area (Å²) in [7, 11) is 0. The van der Waals surface area contributed by atoms with E-state index >= 15 is 0 Å². The Hall–Kier alpha value is -3.42. The van der Waals surface area contributed by atoms with Crippen molar-refractivity contribution in [1.29, 1.82) is 0 Å². The molecule has 2 aliphatic heterocycles. The van der Waals surface area contributed by atoms with Gasteiger partial charge in [0.25, 0.3) is 5.91 Å². The molecule has 8 heteroatoms. The lowest BCUT2D eigenvalue weighted by Crippen LogP contribution is -2.42. The van der Waals surface area contributed by atoms with Gasteiger partial charge in [0.2, 0.25) is 5.91 Å². The van der Waals surface area contributed by atoms with Crippen LogP contribution < -0.4 is 15.5 Å². The minimum absolute atomic E-state index is 0.189. The van der Waals surface area contributed by atoms with Crippen LogP contribution in [-0.4, -0.2) is 42.4 Å². The lowest BCUT2D eigenvalue weighted by Gasteiger charge is -2.19. The number of carbonyl (C=O) groups excluding carboxylic acids is 3. The van der Waals surface area contributed by atoms with Crippen LogP contribution in [-0.2, 0) is 9.59 Å². The molecule has 1 saturated heterocycles. The fraction of sp³-hybridized carbons (Fsp3) is 0.211. The first-order chi connectivity index (χ1) is 13.0. The van der Waals surface area contributed by atoms with Crippen molar-refractivity contribution in [3.05, 3.63) is 59.9 Å². The van der Waals surface area contributed by atoms with Crippen molar-refractivity contribution in [2.45, 2.75) is 6.04 Å². The first-order valence-corrected chi connectivity index (χ1v) is 8.55. The van der Waals surface area contributed by atoms with E-state index in [4.69, 9.17) is 0 Å². The van der Waals surface area contributed by atoms with Gasteiger partial charge in [-0.1, -0.05) is 30.3 Å². The Labute approximate surface area is 154 Å². The molecule has 0 spiro atoms. The van der Waals surface area contributed by atoms with Crippen LogP contribution in [0.5, 0.6) is 0 Å². The maximum atomic E-state index is 13.9. The highest BCUT2D eigenvalue weighted by Crippen LogP contribution is 2.30. The molecular weight excluding hydrogens is 351 g/mol. The fourth-order valence-corrected chi connectivity index (χ4v) is 3.36. The van der Waals surface area contributed by atoms with Crippen molar-refractivity contribution in [3.8, 4) is 0 Å². The molecule has 1 atom stereocenters. The molecule has 0 radical (unpaired) electrons. The summed E-state index contributed by atoms with van der Waals surface area (Å²) in [4.78, 5) is 39.6. The molecule has 2 heterocycles. The number of amides is 4. The number of rotatable bonds is 4. The monoisotopic (exact) mass is 368 g/mol. The van der Waals surface area contributed by atoms with Gasteiger partial charge in [-0.2, -0.15) is 0 Å². The summed E-state index contributed by atoms with van der Waals surface area (Å²) in [6, 6.07) is 11.9. The third-order valence-electron chi connectivity index (χ3n) is 4.67. The van der Waals surface area contributed by atoms with E-state index in [2.05, 4.69) is 10.6 Å². The molecule has 0 saturated carbocycles. The molecule has 138 valence electrons. The van der Waals surface area contributed by atoms with Crippen LogP contribution in [0.4, 0.5) is 20.6 Å². The smallest absolute Gasteiger partial charge is 0.325 e. The normalized spacial score (nSPS) is 18.5. The number of hydrogen-bond donors (Lipinski definition) is 2. The highest BCUT2D eigenvalue weighted by atomic mass is 19.1. The first kappa shape index (κ1) is 17.0. The van der Waals surface area contributed by atoms with Crippen LogP contribution >= 0.6 is 0 Å². The van der Waals surface area contributed by atoms with E-state index < -0.39 is 23.8 Å². The highest BCUT2D eigenvalue weighted by molar-refractivity contribution is 6.04. The van der Waals surface area contributed by atoms with Crippen LogP contribution in [0, 0.1) is 5.82 Å². The molecule has 0 bridgehead atoms. The van der Waals surface area contributed by atoms with Gasteiger partial charge in [-0.25, -0.2) is 9.18 Å². The molecule has 2 aromatic rings. The number of hydrogen-bond acceptors (Lipinski definition) is 3. The largest absolute Gasteiger partial charge is 0.339 e. The Kier molecular flexibility index (Phi) is 4.23. The topological polar surface area (TPSA) is 81.8 Å². The number of carbonyl (C=O) groups is 3. The van der Waals surface area contributed by atoms with Gasteiger partial charge in [0.1, 0.15) is 18.4 Å². The molecule has 4 amide bonds. The molecule has 7 nitrogen and oxygen atoms in total. The Balaban J connectivity index is 1.42. The Bertz CT molecular complexity index is 933. The number of halogens is 1. The van der Waals surface area contributed by atoms with Gasteiger partial charge in [-0.3, -0.25) is 14.5 Å². The van der Waals surface area contributed by atoms with E-state index in [1.165, 1.54) is 21.9 Å².